The standard InChI is InChI=1S/C16H20N2O2/c1-3-5-14-12-15(19-2)6-7-16(14)20-11-4-9-18-10-8-17-13-18/h3,6-8,10,12-13H,1,4-5,9,11H2,2H3. The molecule has 2 rings (SSSR count). The molecular formula is C16H20N2O2. The number of allylic oxidation sites excluding steroid dienone is 1. The second-order valence-corrected chi connectivity index (χ2v) is 4.47. The Kier molecular flexibility index (Phi) is 5.24. The lowest BCUT2D eigenvalue weighted by molar-refractivity contribution is 0.298. The maximum absolute atomic E-state index is 5.85. The largest absolute Gasteiger partial charge is 0.497 e. The van der Waals surface area contributed by atoms with Crippen molar-refractivity contribution in [2.24, 2.45) is 0 Å². The zero-order valence-corrected chi connectivity index (χ0v) is 11.8. The maximum Gasteiger partial charge on any atom is 0.123 e. The Morgan fingerprint density at radius 1 is 1.40 bits per heavy atom. The lowest BCUT2D eigenvalue weighted by Gasteiger charge is -2.12. The Balaban J connectivity index is 1.89. The van der Waals surface area contributed by atoms with Gasteiger partial charge < -0.3 is 14.0 Å². The molecule has 1 heterocycles. The van der Waals surface area contributed by atoms with Crippen LogP contribution in [0.4, 0.5) is 0 Å². The van der Waals surface area contributed by atoms with E-state index in [2.05, 4.69) is 11.6 Å². The van der Waals surface area contributed by atoms with E-state index in [0.717, 1.165) is 36.4 Å². The Morgan fingerprint density at radius 2 is 2.30 bits per heavy atom. The number of nitrogens with zero attached hydrogens (tertiary/aromatic N) is 2. The molecule has 1 aromatic carbocycles. The van der Waals surface area contributed by atoms with E-state index in [1.165, 1.54) is 0 Å². The fourth-order valence-electron chi connectivity index (χ4n) is 1.99. The second-order valence-electron chi connectivity index (χ2n) is 4.47. The van der Waals surface area contributed by atoms with Crippen LogP contribution in [-0.4, -0.2) is 23.3 Å². The van der Waals surface area contributed by atoms with Crippen molar-refractivity contribution >= 4 is 0 Å². The van der Waals surface area contributed by atoms with E-state index in [9.17, 15) is 0 Å². The first-order valence-electron chi connectivity index (χ1n) is 6.70. The predicted octanol–water partition coefficient (Wildman–Crippen LogP) is 3.09. The number of aromatic nitrogens is 2. The minimum atomic E-state index is 0.675. The normalized spacial score (nSPS) is 10.2. The van der Waals surface area contributed by atoms with Gasteiger partial charge in [0, 0.05) is 24.5 Å². The molecule has 106 valence electrons. The number of methoxy groups -OCH3 is 1. The average molecular weight is 272 g/mol. The summed E-state index contributed by atoms with van der Waals surface area (Å²) in [6, 6.07) is 5.86. The number of rotatable bonds is 8. The quantitative estimate of drug-likeness (QED) is 0.547. The Morgan fingerprint density at radius 3 is 3.00 bits per heavy atom. The van der Waals surface area contributed by atoms with Gasteiger partial charge in [0.1, 0.15) is 11.5 Å². The number of hydrogen-bond donors (Lipinski definition) is 0. The molecule has 4 heteroatoms. The second kappa shape index (κ2) is 7.38. The zero-order valence-electron chi connectivity index (χ0n) is 11.8. The van der Waals surface area contributed by atoms with Crippen LogP contribution in [0.5, 0.6) is 11.5 Å². The highest BCUT2D eigenvalue weighted by Gasteiger charge is 2.04. The first-order chi connectivity index (χ1) is 9.83. The van der Waals surface area contributed by atoms with Gasteiger partial charge in [-0.1, -0.05) is 6.08 Å². The van der Waals surface area contributed by atoms with Gasteiger partial charge in [0.2, 0.25) is 0 Å². The highest BCUT2D eigenvalue weighted by Crippen LogP contribution is 2.25. The highest BCUT2D eigenvalue weighted by molar-refractivity contribution is 5.41. The van der Waals surface area contributed by atoms with Crippen molar-refractivity contribution in [3.63, 3.8) is 0 Å². The number of imidazole rings is 1. The predicted molar refractivity (Wildman–Crippen MR) is 79.2 cm³/mol. The number of ether oxygens (including phenoxy) is 2. The molecule has 0 spiro atoms. The van der Waals surface area contributed by atoms with Gasteiger partial charge in [-0.25, -0.2) is 4.98 Å². The van der Waals surface area contributed by atoms with Crippen LogP contribution in [0.25, 0.3) is 0 Å². The van der Waals surface area contributed by atoms with E-state index >= 15 is 0 Å². The summed E-state index contributed by atoms with van der Waals surface area (Å²) in [7, 11) is 1.67. The van der Waals surface area contributed by atoms with Crippen molar-refractivity contribution in [2.45, 2.75) is 19.4 Å². The summed E-state index contributed by atoms with van der Waals surface area (Å²) in [6.45, 7) is 5.36. The molecule has 0 aliphatic carbocycles. The van der Waals surface area contributed by atoms with E-state index in [1.54, 1.807) is 13.3 Å². The molecule has 20 heavy (non-hydrogen) atoms. The Bertz CT molecular complexity index is 535. The summed E-state index contributed by atoms with van der Waals surface area (Å²) >= 11 is 0. The number of aryl methyl sites for hydroxylation is 1. The molecule has 0 saturated heterocycles. The first kappa shape index (κ1) is 14.2. The van der Waals surface area contributed by atoms with Gasteiger partial charge in [-0.3, -0.25) is 0 Å². The highest BCUT2D eigenvalue weighted by atomic mass is 16.5. The monoisotopic (exact) mass is 272 g/mol. The molecule has 4 nitrogen and oxygen atoms in total. The Hall–Kier alpha value is -2.23. The van der Waals surface area contributed by atoms with Crippen molar-refractivity contribution in [1.82, 2.24) is 9.55 Å². The topological polar surface area (TPSA) is 36.3 Å². The van der Waals surface area contributed by atoms with Crippen molar-refractivity contribution in [2.75, 3.05) is 13.7 Å². The van der Waals surface area contributed by atoms with Crippen LogP contribution < -0.4 is 9.47 Å². The van der Waals surface area contributed by atoms with Gasteiger partial charge in [-0.15, -0.1) is 6.58 Å². The summed E-state index contributed by atoms with van der Waals surface area (Å²) in [6.07, 6.45) is 9.14. The van der Waals surface area contributed by atoms with Crippen molar-refractivity contribution in [3.05, 3.63) is 55.1 Å². The van der Waals surface area contributed by atoms with E-state index in [-0.39, 0.29) is 0 Å². The zero-order chi connectivity index (χ0) is 14.2. The van der Waals surface area contributed by atoms with Gasteiger partial charge >= 0.3 is 0 Å². The lowest BCUT2D eigenvalue weighted by atomic mass is 10.1. The molecule has 0 amide bonds. The van der Waals surface area contributed by atoms with Crippen LogP contribution in [-0.2, 0) is 13.0 Å². The van der Waals surface area contributed by atoms with Crippen LogP contribution >= 0.6 is 0 Å². The molecule has 0 bridgehead atoms. The van der Waals surface area contributed by atoms with Crippen LogP contribution in [0.15, 0.2) is 49.6 Å². The lowest BCUT2D eigenvalue weighted by Crippen LogP contribution is -2.04. The Labute approximate surface area is 119 Å². The van der Waals surface area contributed by atoms with Crippen molar-refractivity contribution < 1.29 is 9.47 Å². The van der Waals surface area contributed by atoms with E-state index < -0.39 is 0 Å². The average Bonchev–Trinajstić information content (AvgIpc) is 2.98. The number of benzene rings is 1. The van der Waals surface area contributed by atoms with Gasteiger partial charge in [0.25, 0.3) is 0 Å². The minimum Gasteiger partial charge on any atom is -0.497 e. The van der Waals surface area contributed by atoms with E-state index in [0.29, 0.717) is 6.61 Å². The van der Waals surface area contributed by atoms with Crippen molar-refractivity contribution in [1.29, 1.82) is 0 Å². The fourth-order valence-corrected chi connectivity index (χ4v) is 1.99. The first-order valence-corrected chi connectivity index (χ1v) is 6.70. The van der Waals surface area contributed by atoms with Gasteiger partial charge in [0.15, 0.2) is 0 Å². The summed E-state index contributed by atoms with van der Waals surface area (Å²) < 4.78 is 13.1. The summed E-state index contributed by atoms with van der Waals surface area (Å²) in [5, 5.41) is 0. The molecule has 0 aliphatic heterocycles. The van der Waals surface area contributed by atoms with Gasteiger partial charge in [-0.05, 0) is 31.0 Å². The maximum atomic E-state index is 5.85. The summed E-state index contributed by atoms with van der Waals surface area (Å²) in [4.78, 5) is 4.01. The molecule has 0 aliphatic rings. The molecular weight excluding hydrogens is 252 g/mol. The molecule has 1 aromatic heterocycles. The molecule has 0 radical (unpaired) electrons. The molecule has 0 unspecified atom stereocenters. The van der Waals surface area contributed by atoms with Crippen LogP contribution in [0.3, 0.4) is 0 Å². The third-order valence-electron chi connectivity index (χ3n) is 3.01. The molecule has 0 atom stereocenters. The fraction of sp³-hybridized carbons (Fsp3) is 0.312. The minimum absolute atomic E-state index is 0.675. The smallest absolute Gasteiger partial charge is 0.123 e. The SMILES string of the molecule is C=CCc1cc(OC)ccc1OCCCn1ccnc1. The van der Waals surface area contributed by atoms with Gasteiger partial charge in [-0.2, -0.15) is 0 Å². The molecule has 2 aromatic rings. The van der Waals surface area contributed by atoms with Gasteiger partial charge in [0.05, 0.1) is 20.0 Å². The molecule has 0 fully saturated rings. The third-order valence-corrected chi connectivity index (χ3v) is 3.01. The van der Waals surface area contributed by atoms with E-state index in [4.69, 9.17) is 9.47 Å². The van der Waals surface area contributed by atoms with Crippen LogP contribution in [0.2, 0.25) is 0 Å². The van der Waals surface area contributed by atoms with Crippen LogP contribution in [0.1, 0.15) is 12.0 Å². The van der Waals surface area contributed by atoms with E-state index in [1.807, 2.05) is 41.4 Å². The van der Waals surface area contributed by atoms with Crippen LogP contribution in [0, 0.1) is 0 Å². The molecule has 0 saturated carbocycles. The number of hydrogen-bond acceptors (Lipinski definition) is 3. The molecule has 0 N–H and O–H groups in total. The third kappa shape index (κ3) is 3.88. The summed E-state index contributed by atoms with van der Waals surface area (Å²) in [5.41, 5.74) is 1.10. The van der Waals surface area contributed by atoms with Crippen molar-refractivity contribution in [3.8, 4) is 11.5 Å². The summed E-state index contributed by atoms with van der Waals surface area (Å²) in [5.74, 6) is 1.74.